The number of hydrogen-bond acceptors (Lipinski definition) is 9. The van der Waals surface area contributed by atoms with Crippen molar-refractivity contribution in [1.82, 2.24) is 15.0 Å². The number of thioether (sulfide) groups is 1. The molecule has 1 fully saturated rings. The normalized spacial score (nSPS) is 17.5. The molecule has 2 heterocycles. The van der Waals surface area contributed by atoms with Crippen LogP contribution in [0.3, 0.4) is 0 Å². The van der Waals surface area contributed by atoms with Crippen LogP contribution in [0.5, 0.6) is 0 Å². The molecular weight excluding hydrogens is 639 g/mol. The molecule has 49 heavy (non-hydrogen) atoms. The van der Waals surface area contributed by atoms with Crippen LogP contribution in [0.4, 0.5) is 5.69 Å². The molecule has 0 saturated heterocycles. The number of ketones is 4. The molecule has 1 aliphatic heterocycles. The van der Waals surface area contributed by atoms with Crippen molar-refractivity contribution in [3.63, 3.8) is 0 Å². The summed E-state index contributed by atoms with van der Waals surface area (Å²) < 4.78 is 1.77. The maximum atomic E-state index is 14.0. The van der Waals surface area contributed by atoms with Gasteiger partial charge in [0.1, 0.15) is 28.7 Å². The van der Waals surface area contributed by atoms with E-state index in [-0.39, 0.29) is 66.4 Å². The molecule has 1 aliphatic carbocycles. The molecule has 0 spiro atoms. The van der Waals surface area contributed by atoms with Crippen molar-refractivity contribution in [2.24, 2.45) is 11.7 Å². The van der Waals surface area contributed by atoms with Crippen molar-refractivity contribution < 1.29 is 24.0 Å². The standard InChI is InChI=1S/C38H39N5O5S/c1-23(44)31(39)20-24-14-16-26(17-15-24)43-37-29-11-5-6-12-32(29)42(22-25-8-3-4-10-28(25)36(37)40-41-43)35(47)13-7-9-27(45)18-19-30-33(46)21-34(49-2)38(30)48/h3-6,8,10-12,14-17,30-31,34H,7,9,13,18-22,39H2,1-2H3. The Morgan fingerprint density at radius 1 is 0.939 bits per heavy atom. The number of para-hydroxylation sites is 1. The van der Waals surface area contributed by atoms with Crippen LogP contribution in [0, 0.1) is 5.92 Å². The zero-order chi connectivity index (χ0) is 34.7. The van der Waals surface area contributed by atoms with E-state index in [1.165, 1.54) is 18.7 Å². The van der Waals surface area contributed by atoms with Crippen molar-refractivity contribution in [1.29, 1.82) is 0 Å². The molecule has 3 unspecified atom stereocenters. The highest BCUT2D eigenvalue weighted by atomic mass is 32.2. The van der Waals surface area contributed by atoms with Gasteiger partial charge >= 0.3 is 0 Å². The average molecular weight is 678 g/mol. The Morgan fingerprint density at radius 2 is 1.65 bits per heavy atom. The molecule has 6 rings (SSSR count). The number of Topliss-reactive ketones (excluding diaryl/α,β-unsaturated/α-hetero) is 4. The molecule has 0 radical (unpaired) electrons. The van der Waals surface area contributed by atoms with Gasteiger partial charge in [-0.1, -0.05) is 59.8 Å². The van der Waals surface area contributed by atoms with Crippen LogP contribution in [-0.4, -0.2) is 61.6 Å². The Morgan fingerprint density at radius 3 is 2.37 bits per heavy atom. The number of amides is 1. The Labute approximate surface area is 289 Å². The first-order chi connectivity index (χ1) is 23.7. The summed E-state index contributed by atoms with van der Waals surface area (Å²) in [5, 5.41) is 8.91. The van der Waals surface area contributed by atoms with Crippen LogP contribution in [0.2, 0.25) is 0 Å². The predicted octanol–water partition coefficient (Wildman–Crippen LogP) is 5.32. The predicted molar refractivity (Wildman–Crippen MR) is 189 cm³/mol. The molecule has 11 heteroatoms. The summed E-state index contributed by atoms with van der Waals surface area (Å²) in [5.41, 5.74) is 12.4. The van der Waals surface area contributed by atoms with E-state index in [1.54, 1.807) is 9.58 Å². The molecule has 1 amide bonds. The summed E-state index contributed by atoms with van der Waals surface area (Å²) >= 11 is 1.39. The van der Waals surface area contributed by atoms with Gasteiger partial charge in [0, 0.05) is 36.8 Å². The number of rotatable bonds is 12. The minimum Gasteiger partial charge on any atom is -0.321 e. The lowest BCUT2D eigenvalue weighted by Crippen LogP contribution is -2.31. The first-order valence-electron chi connectivity index (χ1n) is 16.6. The molecule has 3 atom stereocenters. The van der Waals surface area contributed by atoms with Gasteiger partial charge in [-0.05, 0) is 61.8 Å². The monoisotopic (exact) mass is 677 g/mol. The highest BCUT2D eigenvalue weighted by molar-refractivity contribution is 8.00. The quantitative estimate of drug-likeness (QED) is 0.197. The second-order valence-corrected chi connectivity index (χ2v) is 13.8. The summed E-state index contributed by atoms with van der Waals surface area (Å²) in [5.74, 6) is -1.06. The molecule has 1 aromatic heterocycles. The smallest absolute Gasteiger partial charge is 0.227 e. The fourth-order valence-electron chi connectivity index (χ4n) is 6.65. The van der Waals surface area contributed by atoms with Crippen molar-refractivity contribution in [2.75, 3.05) is 11.2 Å². The summed E-state index contributed by atoms with van der Waals surface area (Å²) in [7, 11) is 0. The maximum absolute atomic E-state index is 14.0. The number of aromatic nitrogens is 3. The van der Waals surface area contributed by atoms with Crippen molar-refractivity contribution in [2.45, 2.75) is 69.7 Å². The van der Waals surface area contributed by atoms with Crippen molar-refractivity contribution in [3.05, 3.63) is 83.9 Å². The molecule has 2 aliphatic rings. The van der Waals surface area contributed by atoms with Crippen LogP contribution in [0.15, 0.2) is 72.8 Å². The molecule has 1 saturated carbocycles. The Bertz CT molecular complexity index is 1920. The van der Waals surface area contributed by atoms with Gasteiger partial charge in [-0.2, -0.15) is 11.8 Å². The van der Waals surface area contributed by atoms with Gasteiger partial charge in [0.15, 0.2) is 5.78 Å². The molecular formula is C38H39N5O5S. The van der Waals surface area contributed by atoms with E-state index in [9.17, 15) is 24.0 Å². The van der Waals surface area contributed by atoms with E-state index >= 15 is 0 Å². The zero-order valence-corrected chi connectivity index (χ0v) is 28.4. The van der Waals surface area contributed by atoms with E-state index in [1.807, 2.05) is 79.1 Å². The second-order valence-electron chi connectivity index (χ2n) is 12.7. The third-order valence-corrected chi connectivity index (χ3v) is 10.4. The SMILES string of the molecule is CSC1CC(=O)C(CCC(=O)CCCC(=O)N2Cc3ccccc3-c3nnn(-c4ccc(CC(N)C(C)=O)cc4)c3-c3ccccc32)C1=O. The summed E-state index contributed by atoms with van der Waals surface area (Å²) in [6.07, 6.45) is 3.63. The number of benzene rings is 3. The van der Waals surface area contributed by atoms with Gasteiger partial charge in [0.25, 0.3) is 0 Å². The van der Waals surface area contributed by atoms with E-state index in [4.69, 9.17) is 5.73 Å². The number of hydrogen-bond donors (Lipinski definition) is 1. The van der Waals surface area contributed by atoms with Crippen molar-refractivity contribution >= 4 is 46.5 Å². The van der Waals surface area contributed by atoms with Crippen LogP contribution in [0.25, 0.3) is 28.2 Å². The van der Waals surface area contributed by atoms with E-state index in [0.29, 0.717) is 30.8 Å². The van der Waals surface area contributed by atoms with Gasteiger partial charge < -0.3 is 10.6 Å². The number of nitrogens with zero attached hydrogens (tertiary/aromatic N) is 4. The zero-order valence-electron chi connectivity index (χ0n) is 27.6. The van der Waals surface area contributed by atoms with Crippen LogP contribution >= 0.6 is 11.8 Å². The lowest BCUT2D eigenvalue weighted by Gasteiger charge is -2.29. The van der Waals surface area contributed by atoms with Crippen LogP contribution < -0.4 is 10.6 Å². The third kappa shape index (κ3) is 7.18. The van der Waals surface area contributed by atoms with E-state index in [0.717, 1.165) is 33.6 Å². The summed E-state index contributed by atoms with van der Waals surface area (Å²) in [6, 6.07) is 22.6. The van der Waals surface area contributed by atoms with Gasteiger partial charge in [-0.3, -0.25) is 24.0 Å². The molecule has 2 N–H and O–H groups in total. The number of carbonyl (C=O) groups excluding carboxylic acids is 5. The molecule has 4 aromatic rings. The fraction of sp³-hybridized carbons (Fsp3) is 0.342. The van der Waals surface area contributed by atoms with Gasteiger partial charge in [0.05, 0.1) is 35.1 Å². The minimum absolute atomic E-state index is 0.0478. The first kappa shape index (κ1) is 34.1. The van der Waals surface area contributed by atoms with Crippen molar-refractivity contribution in [3.8, 4) is 28.2 Å². The van der Waals surface area contributed by atoms with Gasteiger partial charge in [0.2, 0.25) is 5.91 Å². The third-order valence-electron chi connectivity index (χ3n) is 9.46. The summed E-state index contributed by atoms with van der Waals surface area (Å²) in [6.45, 7) is 1.81. The lowest BCUT2D eigenvalue weighted by molar-refractivity contribution is -0.127. The van der Waals surface area contributed by atoms with Crippen LogP contribution in [-0.2, 0) is 36.9 Å². The lowest BCUT2D eigenvalue weighted by atomic mass is 9.95. The fourth-order valence-corrected chi connectivity index (χ4v) is 7.37. The Kier molecular flexibility index (Phi) is 10.3. The second kappa shape index (κ2) is 14.8. The largest absolute Gasteiger partial charge is 0.321 e. The van der Waals surface area contributed by atoms with Gasteiger partial charge in [-0.25, -0.2) is 4.68 Å². The number of anilines is 1. The Hall–Kier alpha value is -4.74. The number of nitrogens with two attached hydrogens (primary N) is 1. The first-order valence-corrected chi connectivity index (χ1v) is 17.8. The Balaban J connectivity index is 1.23. The topological polar surface area (TPSA) is 145 Å². The highest BCUT2D eigenvalue weighted by Crippen LogP contribution is 2.42. The number of carbonyl (C=O) groups is 5. The molecule has 10 nitrogen and oxygen atoms in total. The summed E-state index contributed by atoms with van der Waals surface area (Å²) in [4.78, 5) is 65.0. The average Bonchev–Trinajstić information content (AvgIpc) is 3.65. The van der Waals surface area contributed by atoms with Crippen LogP contribution in [0.1, 0.15) is 56.6 Å². The molecule has 252 valence electrons. The maximum Gasteiger partial charge on any atom is 0.227 e. The number of fused-ring (bicyclic) bond motifs is 5. The van der Waals surface area contributed by atoms with E-state index < -0.39 is 12.0 Å². The molecule has 3 aromatic carbocycles. The molecule has 0 bridgehead atoms. The minimum atomic E-state index is -0.684. The highest BCUT2D eigenvalue weighted by Gasteiger charge is 2.40. The van der Waals surface area contributed by atoms with E-state index in [2.05, 4.69) is 10.3 Å². The van der Waals surface area contributed by atoms with Gasteiger partial charge in [-0.15, -0.1) is 5.10 Å².